The fourth-order valence-corrected chi connectivity index (χ4v) is 5.07. The molecule has 186 valence electrons. The molecule has 12 heteroatoms. The Kier molecular flexibility index (Phi) is 6.53. The Labute approximate surface area is 210 Å². The molecule has 0 saturated carbocycles. The molecule has 10 nitrogen and oxygen atoms in total. The van der Waals surface area contributed by atoms with Gasteiger partial charge in [-0.15, -0.1) is 0 Å². The number of rotatable bonds is 6. The van der Waals surface area contributed by atoms with Gasteiger partial charge in [0.05, 0.1) is 5.52 Å². The number of hydrogen-bond donors (Lipinski definition) is 2. The van der Waals surface area contributed by atoms with E-state index in [1.807, 2.05) is 30.3 Å². The predicted molar refractivity (Wildman–Crippen MR) is 135 cm³/mol. The van der Waals surface area contributed by atoms with Gasteiger partial charge in [0.2, 0.25) is 5.06 Å². The summed E-state index contributed by atoms with van der Waals surface area (Å²) in [4.78, 5) is 33.3. The number of nitrogens with two attached hydrogens (primary N) is 1. The summed E-state index contributed by atoms with van der Waals surface area (Å²) in [6.07, 6.45) is 0.837. The van der Waals surface area contributed by atoms with Crippen LogP contribution in [0, 0.1) is 5.82 Å². The average Bonchev–Trinajstić information content (AvgIpc) is 3.43. The monoisotopic (exact) mass is 509 g/mol. The molecular weight excluding hydrogens is 485 g/mol. The van der Waals surface area contributed by atoms with Gasteiger partial charge in [0.15, 0.2) is 10.8 Å². The normalized spacial score (nSPS) is 14.2. The van der Waals surface area contributed by atoms with Gasteiger partial charge >= 0.3 is 6.09 Å². The Morgan fingerprint density at radius 1 is 1.14 bits per heavy atom. The SMILES string of the molecule is Cn1cc2cc(NC(=O)c3nc(N4CCN(Cc5ccc(F)cc5)CC4)sc3OC(N)=O)ccc2n1. The number of primary amides is 1. The highest BCUT2D eigenvalue weighted by Crippen LogP contribution is 2.34. The molecule has 5 rings (SSSR count). The van der Waals surface area contributed by atoms with Gasteiger partial charge in [-0.3, -0.25) is 14.4 Å². The largest absolute Gasteiger partial charge is 0.410 e. The van der Waals surface area contributed by atoms with Crippen LogP contribution in [0.4, 0.5) is 20.0 Å². The van der Waals surface area contributed by atoms with Crippen LogP contribution < -0.4 is 20.7 Å². The fourth-order valence-electron chi connectivity index (χ4n) is 4.10. The molecule has 0 atom stereocenters. The highest BCUT2D eigenvalue weighted by atomic mass is 32.1. The van der Waals surface area contributed by atoms with Crippen molar-refractivity contribution in [3.63, 3.8) is 0 Å². The summed E-state index contributed by atoms with van der Waals surface area (Å²) in [5, 5.41) is 8.63. The molecule has 36 heavy (non-hydrogen) atoms. The highest BCUT2D eigenvalue weighted by Gasteiger charge is 2.26. The first-order valence-electron chi connectivity index (χ1n) is 11.3. The number of halogens is 1. The van der Waals surface area contributed by atoms with E-state index in [4.69, 9.17) is 10.5 Å². The minimum Gasteiger partial charge on any atom is -0.397 e. The van der Waals surface area contributed by atoms with E-state index in [-0.39, 0.29) is 16.6 Å². The van der Waals surface area contributed by atoms with Crippen LogP contribution in [0.5, 0.6) is 5.06 Å². The van der Waals surface area contributed by atoms with Gasteiger partial charge in [-0.1, -0.05) is 23.5 Å². The fraction of sp³-hybridized carbons (Fsp3) is 0.250. The van der Waals surface area contributed by atoms with Crippen molar-refractivity contribution in [3.8, 4) is 5.06 Å². The topological polar surface area (TPSA) is 119 Å². The van der Waals surface area contributed by atoms with Crippen molar-refractivity contribution in [2.45, 2.75) is 6.54 Å². The molecule has 1 aliphatic rings. The predicted octanol–water partition coefficient (Wildman–Crippen LogP) is 3.20. The maximum atomic E-state index is 13.2. The average molecular weight is 510 g/mol. The molecule has 2 aromatic carbocycles. The maximum absolute atomic E-state index is 13.2. The summed E-state index contributed by atoms with van der Waals surface area (Å²) in [7, 11) is 1.82. The zero-order valence-electron chi connectivity index (χ0n) is 19.5. The lowest BCUT2D eigenvalue weighted by molar-refractivity contribution is 0.102. The van der Waals surface area contributed by atoms with Crippen molar-refractivity contribution in [2.24, 2.45) is 12.8 Å². The van der Waals surface area contributed by atoms with Crippen LogP contribution in [-0.2, 0) is 13.6 Å². The van der Waals surface area contributed by atoms with Crippen LogP contribution in [0.1, 0.15) is 16.1 Å². The lowest BCUT2D eigenvalue weighted by atomic mass is 10.2. The van der Waals surface area contributed by atoms with Crippen molar-refractivity contribution in [1.82, 2.24) is 19.7 Å². The summed E-state index contributed by atoms with van der Waals surface area (Å²) in [6, 6.07) is 11.9. The minimum absolute atomic E-state index is 0.00572. The number of fused-ring (bicyclic) bond motifs is 1. The zero-order chi connectivity index (χ0) is 25.2. The number of amides is 2. The first-order chi connectivity index (χ1) is 17.3. The van der Waals surface area contributed by atoms with Crippen LogP contribution in [-0.4, -0.2) is 57.8 Å². The second kappa shape index (κ2) is 9.91. The quantitative estimate of drug-likeness (QED) is 0.410. The standard InChI is InChI=1S/C24H24FN7O3S/c1-30-14-16-12-18(6-7-19(16)29-30)27-21(33)20-22(35-23(26)34)36-24(28-20)32-10-8-31(9-11-32)13-15-2-4-17(25)5-3-15/h2-7,12,14H,8-11,13H2,1H3,(H2,26,34)(H,27,33). The first kappa shape index (κ1) is 23.7. The first-order valence-corrected chi connectivity index (χ1v) is 12.1. The van der Waals surface area contributed by atoms with Crippen molar-refractivity contribution in [2.75, 3.05) is 36.4 Å². The lowest BCUT2D eigenvalue weighted by Crippen LogP contribution is -2.46. The molecule has 2 amide bonds. The Morgan fingerprint density at radius 2 is 1.89 bits per heavy atom. The molecule has 0 spiro atoms. The van der Waals surface area contributed by atoms with Crippen LogP contribution in [0.3, 0.4) is 0 Å². The highest BCUT2D eigenvalue weighted by molar-refractivity contribution is 7.17. The number of piperazine rings is 1. The van der Waals surface area contributed by atoms with E-state index in [0.717, 1.165) is 47.4 Å². The molecule has 1 aliphatic heterocycles. The van der Waals surface area contributed by atoms with E-state index in [0.29, 0.717) is 23.9 Å². The summed E-state index contributed by atoms with van der Waals surface area (Å²) < 4.78 is 20.0. The molecule has 4 aromatic rings. The van der Waals surface area contributed by atoms with Gasteiger partial charge in [-0.25, -0.2) is 14.2 Å². The number of aryl methyl sites for hydroxylation is 1. The molecule has 1 saturated heterocycles. The smallest absolute Gasteiger partial charge is 0.397 e. The lowest BCUT2D eigenvalue weighted by Gasteiger charge is -2.34. The third kappa shape index (κ3) is 5.29. The number of benzene rings is 2. The number of nitrogens with zero attached hydrogens (tertiary/aromatic N) is 5. The number of hydrogen-bond acceptors (Lipinski definition) is 8. The van der Waals surface area contributed by atoms with E-state index in [9.17, 15) is 14.0 Å². The molecule has 0 bridgehead atoms. The molecular formula is C24H24FN7O3S. The second-order valence-electron chi connectivity index (χ2n) is 8.47. The van der Waals surface area contributed by atoms with Gasteiger partial charge in [0.1, 0.15) is 5.82 Å². The molecule has 3 heterocycles. The van der Waals surface area contributed by atoms with Crippen molar-refractivity contribution in [3.05, 3.63) is 65.7 Å². The van der Waals surface area contributed by atoms with Crippen LogP contribution in [0.15, 0.2) is 48.7 Å². The third-order valence-corrected chi connectivity index (χ3v) is 6.83. The van der Waals surface area contributed by atoms with Crippen LogP contribution in [0.2, 0.25) is 0 Å². The number of carbonyl (C=O) groups is 2. The van der Waals surface area contributed by atoms with Crippen molar-refractivity contribution in [1.29, 1.82) is 0 Å². The van der Waals surface area contributed by atoms with Crippen LogP contribution in [0.25, 0.3) is 10.9 Å². The van der Waals surface area contributed by atoms with Gasteiger partial charge in [-0.05, 0) is 35.9 Å². The van der Waals surface area contributed by atoms with Gasteiger partial charge < -0.3 is 20.7 Å². The van der Waals surface area contributed by atoms with E-state index < -0.39 is 12.0 Å². The molecule has 0 aliphatic carbocycles. The molecule has 0 radical (unpaired) electrons. The number of carbonyl (C=O) groups excluding carboxylic acids is 2. The third-order valence-electron chi connectivity index (χ3n) is 5.83. The van der Waals surface area contributed by atoms with E-state index >= 15 is 0 Å². The summed E-state index contributed by atoms with van der Waals surface area (Å²) in [5.41, 5.74) is 7.64. The molecule has 2 aromatic heterocycles. The summed E-state index contributed by atoms with van der Waals surface area (Å²) in [5.74, 6) is -0.759. The summed E-state index contributed by atoms with van der Waals surface area (Å²) >= 11 is 1.10. The number of thiazole rings is 1. The van der Waals surface area contributed by atoms with Gasteiger partial charge in [-0.2, -0.15) is 5.10 Å². The Balaban J connectivity index is 1.28. The maximum Gasteiger partial charge on any atom is 0.410 e. The number of nitrogens with one attached hydrogen (secondary N) is 1. The summed E-state index contributed by atoms with van der Waals surface area (Å²) in [6.45, 7) is 3.58. The van der Waals surface area contributed by atoms with Crippen molar-refractivity contribution >= 4 is 45.1 Å². The number of aromatic nitrogens is 3. The second-order valence-corrected chi connectivity index (χ2v) is 9.41. The van der Waals surface area contributed by atoms with E-state index in [1.54, 1.807) is 22.9 Å². The Bertz CT molecular complexity index is 1410. The zero-order valence-corrected chi connectivity index (χ0v) is 20.3. The molecule has 3 N–H and O–H groups in total. The molecule has 0 unspecified atom stereocenters. The van der Waals surface area contributed by atoms with Gasteiger partial charge in [0, 0.05) is 57.0 Å². The number of anilines is 2. The minimum atomic E-state index is -1.01. The number of ether oxygens (including phenoxy) is 1. The Hall–Kier alpha value is -4.03. The van der Waals surface area contributed by atoms with E-state index in [2.05, 4.69) is 20.3 Å². The molecule has 1 fully saturated rings. The van der Waals surface area contributed by atoms with Crippen molar-refractivity contribution < 1.29 is 18.7 Å². The van der Waals surface area contributed by atoms with Gasteiger partial charge in [0.25, 0.3) is 5.91 Å². The Morgan fingerprint density at radius 3 is 2.61 bits per heavy atom. The van der Waals surface area contributed by atoms with Crippen LogP contribution >= 0.6 is 11.3 Å². The van der Waals surface area contributed by atoms with E-state index in [1.165, 1.54) is 12.1 Å².